The standard InChI is InChI=1S/C17H14N2O4/c1-22-14-7-3-2-6-13(14)17(21)23-11-12-10-16(20)19-9-5-4-8-15(19)18-12/h2-10H,11H2,1H3. The fourth-order valence-corrected chi connectivity index (χ4v) is 2.21. The molecule has 116 valence electrons. The molecule has 3 aromatic rings. The molecule has 0 N–H and O–H groups in total. The van der Waals surface area contributed by atoms with Crippen molar-refractivity contribution in [1.82, 2.24) is 9.38 Å². The maximum atomic E-state index is 12.1. The summed E-state index contributed by atoms with van der Waals surface area (Å²) in [6.07, 6.45) is 1.63. The van der Waals surface area contributed by atoms with Gasteiger partial charge in [-0.25, -0.2) is 9.78 Å². The van der Waals surface area contributed by atoms with Crippen molar-refractivity contribution in [2.75, 3.05) is 7.11 Å². The molecule has 0 saturated heterocycles. The van der Waals surface area contributed by atoms with Crippen LogP contribution < -0.4 is 10.3 Å². The zero-order chi connectivity index (χ0) is 16.2. The number of para-hydroxylation sites is 1. The number of aromatic nitrogens is 2. The third-order valence-electron chi connectivity index (χ3n) is 3.30. The van der Waals surface area contributed by atoms with Gasteiger partial charge in [-0.2, -0.15) is 0 Å². The number of methoxy groups -OCH3 is 1. The number of nitrogens with zero attached hydrogens (tertiary/aromatic N) is 2. The summed E-state index contributed by atoms with van der Waals surface area (Å²) in [5.41, 5.74) is 0.999. The molecule has 23 heavy (non-hydrogen) atoms. The summed E-state index contributed by atoms with van der Waals surface area (Å²) in [5.74, 6) is -0.0958. The molecule has 0 bridgehead atoms. The van der Waals surface area contributed by atoms with E-state index in [0.29, 0.717) is 22.7 Å². The summed E-state index contributed by atoms with van der Waals surface area (Å²) in [4.78, 5) is 28.4. The molecule has 0 radical (unpaired) electrons. The Hall–Kier alpha value is -3.15. The highest BCUT2D eigenvalue weighted by Gasteiger charge is 2.13. The normalized spacial score (nSPS) is 10.5. The molecular formula is C17H14N2O4. The first-order valence-electron chi connectivity index (χ1n) is 6.96. The van der Waals surface area contributed by atoms with Gasteiger partial charge in [0.2, 0.25) is 0 Å². The van der Waals surface area contributed by atoms with E-state index in [4.69, 9.17) is 9.47 Å². The molecule has 0 aliphatic carbocycles. The quantitative estimate of drug-likeness (QED) is 0.690. The molecule has 0 saturated carbocycles. The van der Waals surface area contributed by atoms with Crippen molar-refractivity contribution in [2.24, 2.45) is 0 Å². The number of fused-ring (bicyclic) bond motifs is 1. The fourth-order valence-electron chi connectivity index (χ4n) is 2.21. The van der Waals surface area contributed by atoms with Gasteiger partial charge in [0.05, 0.1) is 12.8 Å². The molecule has 0 atom stereocenters. The SMILES string of the molecule is COc1ccccc1C(=O)OCc1cc(=O)n2ccccc2n1. The molecule has 0 unspecified atom stereocenters. The van der Waals surface area contributed by atoms with Gasteiger partial charge in [0.1, 0.15) is 23.6 Å². The van der Waals surface area contributed by atoms with Gasteiger partial charge in [0.25, 0.3) is 5.56 Å². The Bertz CT molecular complexity index is 918. The van der Waals surface area contributed by atoms with E-state index in [9.17, 15) is 9.59 Å². The van der Waals surface area contributed by atoms with Gasteiger partial charge in [0.15, 0.2) is 0 Å². The molecule has 0 spiro atoms. The number of carbonyl (C=O) groups excluding carboxylic acids is 1. The molecule has 0 aliphatic rings. The number of carbonyl (C=O) groups is 1. The topological polar surface area (TPSA) is 69.9 Å². The predicted molar refractivity (Wildman–Crippen MR) is 83.6 cm³/mol. The summed E-state index contributed by atoms with van der Waals surface area (Å²) in [6, 6.07) is 13.4. The highest BCUT2D eigenvalue weighted by atomic mass is 16.5. The molecule has 1 aromatic carbocycles. The Morgan fingerprint density at radius 3 is 2.78 bits per heavy atom. The molecule has 0 fully saturated rings. The zero-order valence-electron chi connectivity index (χ0n) is 12.4. The maximum Gasteiger partial charge on any atom is 0.342 e. The lowest BCUT2D eigenvalue weighted by Gasteiger charge is -2.08. The van der Waals surface area contributed by atoms with Crippen LogP contribution in [-0.4, -0.2) is 22.5 Å². The van der Waals surface area contributed by atoms with Crippen molar-refractivity contribution < 1.29 is 14.3 Å². The van der Waals surface area contributed by atoms with Crippen LogP contribution in [0.2, 0.25) is 0 Å². The Labute approximate surface area is 131 Å². The predicted octanol–water partition coefficient (Wildman–Crippen LogP) is 2.06. The summed E-state index contributed by atoms with van der Waals surface area (Å²) < 4.78 is 11.8. The van der Waals surface area contributed by atoms with Gasteiger partial charge in [-0.3, -0.25) is 9.20 Å². The van der Waals surface area contributed by atoms with Gasteiger partial charge in [-0.05, 0) is 24.3 Å². The van der Waals surface area contributed by atoms with Gasteiger partial charge in [0, 0.05) is 12.3 Å². The molecular weight excluding hydrogens is 296 g/mol. The van der Waals surface area contributed by atoms with Crippen molar-refractivity contribution in [1.29, 1.82) is 0 Å². The van der Waals surface area contributed by atoms with Gasteiger partial charge in [-0.1, -0.05) is 18.2 Å². The average molecular weight is 310 g/mol. The third kappa shape index (κ3) is 3.06. The van der Waals surface area contributed by atoms with Crippen molar-refractivity contribution in [3.8, 4) is 5.75 Å². The van der Waals surface area contributed by atoms with E-state index >= 15 is 0 Å². The Balaban J connectivity index is 1.81. The number of benzene rings is 1. The van der Waals surface area contributed by atoms with E-state index < -0.39 is 5.97 Å². The lowest BCUT2D eigenvalue weighted by Crippen LogP contribution is -2.16. The summed E-state index contributed by atoms with van der Waals surface area (Å²) in [6.45, 7) is -0.0858. The van der Waals surface area contributed by atoms with Crippen molar-refractivity contribution in [3.63, 3.8) is 0 Å². The van der Waals surface area contributed by atoms with Crippen molar-refractivity contribution in [2.45, 2.75) is 6.61 Å². The second-order valence-electron chi connectivity index (χ2n) is 4.79. The smallest absolute Gasteiger partial charge is 0.342 e. The van der Waals surface area contributed by atoms with E-state index in [0.717, 1.165) is 0 Å². The molecule has 6 nitrogen and oxygen atoms in total. The van der Waals surface area contributed by atoms with Crippen LogP contribution >= 0.6 is 0 Å². The highest BCUT2D eigenvalue weighted by Crippen LogP contribution is 2.18. The van der Waals surface area contributed by atoms with Crippen molar-refractivity contribution >= 4 is 11.6 Å². The minimum absolute atomic E-state index is 0.0858. The first kappa shape index (κ1) is 14.8. The molecule has 3 rings (SSSR count). The first-order valence-corrected chi connectivity index (χ1v) is 6.96. The number of ether oxygens (including phenoxy) is 2. The van der Waals surface area contributed by atoms with E-state index in [1.807, 2.05) is 0 Å². The second kappa shape index (κ2) is 6.31. The van der Waals surface area contributed by atoms with Crippen LogP contribution in [0.5, 0.6) is 5.75 Å². The highest BCUT2D eigenvalue weighted by molar-refractivity contribution is 5.92. The summed E-state index contributed by atoms with van der Waals surface area (Å²) in [7, 11) is 1.48. The third-order valence-corrected chi connectivity index (χ3v) is 3.30. The van der Waals surface area contributed by atoms with Crippen LogP contribution in [0, 0.1) is 0 Å². The number of rotatable bonds is 4. The molecule has 0 aliphatic heterocycles. The fraction of sp³-hybridized carbons (Fsp3) is 0.118. The van der Waals surface area contributed by atoms with Gasteiger partial charge >= 0.3 is 5.97 Å². The Morgan fingerprint density at radius 2 is 1.96 bits per heavy atom. The Kier molecular flexibility index (Phi) is 4.05. The van der Waals surface area contributed by atoms with E-state index in [1.165, 1.54) is 17.6 Å². The second-order valence-corrected chi connectivity index (χ2v) is 4.79. The number of pyridine rings is 1. The van der Waals surface area contributed by atoms with Crippen LogP contribution in [-0.2, 0) is 11.3 Å². The minimum atomic E-state index is -0.530. The average Bonchev–Trinajstić information content (AvgIpc) is 2.59. The monoisotopic (exact) mass is 310 g/mol. The van der Waals surface area contributed by atoms with Gasteiger partial charge < -0.3 is 9.47 Å². The van der Waals surface area contributed by atoms with Crippen LogP contribution in [0.4, 0.5) is 0 Å². The lowest BCUT2D eigenvalue weighted by atomic mass is 10.2. The van der Waals surface area contributed by atoms with Crippen LogP contribution in [0.25, 0.3) is 5.65 Å². The Morgan fingerprint density at radius 1 is 1.17 bits per heavy atom. The zero-order valence-corrected chi connectivity index (χ0v) is 12.4. The maximum absolute atomic E-state index is 12.1. The van der Waals surface area contributed by atoms with Gasteiger partial charge in [-0.15, -0.1) is 0 Å². The van der Waals surface area contributed by atoms with E-state index in [2.05, 4.69) is 4.98 Å². The molecule has 6 heteroatoms. The van der Waals surface area contributed by atoms with Crippen molar-refractivity contribution in [3.05, 3.63) is 76.3 Å². The molecule has 2 aromatic heterocycles. The van der Waals surface area contributed by atoms with Crippen LogP contribution in [0.3, 0.4) is 0 Å². The summed E-state index contributed by atoms with van der Waals surface area (Å²) in [5, 5.41) is 0. The summed E-state index contributed by atoms with van der Waals surface area (Å²) >= 11 is 0. The van der Waals surface area contributed by atoms with Crippen LogP contribution in [0.15, 0.2) is 59.5 Å². The van der Waals surface area contributed by atoms with E-state index in [1.54, 1.807) is 48.7 Å². The molecule has 0 amide bonds. The van der Waals surface area contributed by atoms with E-state index in [-0.39, 0.29) is 12.2 Å². The first-order chi connectivity index (χ1) is 11.2. The lowest BCUT2D eigenvalue weighted by molar-refractivity contribution is 0.0464. The number of hydrogen-bond donors (Lipinski definition) is 0. The largest absolute Gasteiger partial charge is 0.496 e. The van der Waals surface area contributed by atoms with Crippen LogP contribution in [0.1, 0.15) is 16.1 Å². The molecule has 2 heterocycles. The minimum Gasteiger partial charge on any atom is -0.496 e. The number of hydrogen-bond acceptors (Lipinski definition) is 5. The number of esters is 1.